The molecule has 3 aromatic carbocycles. The van der Waals surface area contributed by atoms with E-state index < -0.39 is 28.5 Å². The van der Waals surface area contributed by atoms with E-state index in [9.17, 15) is 18.0 Å². The molecular formula is C31H39N3O6S. The molecule has 0 bridgehead atoms. The third kappa shape index (κ3) is 8.00. The second-order valence-corrected chi connectivity index (χ2v) is 11.8. The van der Waals surface area contributed by atoms with Gasteiger partial charge in [0.15, 0.2) is 0 Å². The number of hydrogen-bond donors (Lipinski definition) is 1. The SMILES string of the molecule is CC[C@@H](C)NC(=O)[C@H](C)N(Cc1cccc(OC)c1)C(=O)CN(c1cccc(OC)c1)S(=O)(=O)c1ccc(C)cc1. The molecule has 3 rings (SSSR count). The van der Waals surface area contributed by atoms with E-state index in [1.54, 1.807) is 68.6 Å². The molecule has 0 aliphatic carbocycles. The maximum atomic E-state index is 14.1. The Morgan fingerprint density at radius 1 is 0.902 bits per heavy atom. The van der Waals surface area contributed by atoms with Crippen LogP contribution in [-0.2, 0) is 26.2 Å². The minimum absolute atomic E-state index is 0.0422. The van der Waals surface area contributed by atoms with Crippen LogP contribution in [0, 0.1) is 6.92 Å². The van der Waals surface area contributed by atoms with Crippen LogP contribution in [0.4, 0.5) is 5.69 Å². The van der Waals surface area contributed by atoms with Gasteiger partial charge < -0.3 is 19.7 Å². The first-order valence-electron chi connectivity index (χ1n) is 13.5. The van der Waals surface area contributed by atoms with Gasteiger partial charge in [-0.15, -0.1) is 0 Å². The summed E-state index contributed by atoms with van der Waals surface area (Å²) in [6.07, 6.45) is 0.723. The van der Waals surface area contributed by atoms with E-state index in [2.05, 4.69) is 5.32 Å². The second kappa shape index (κ2) is 14.0. The topological polar surface area (TPSA) is 105 Å². The number of carbonyl (C=O) groups is 2. The van der Waals surface area contributed by atoms with E-state index in [-0.39, 0.29) is 29.1 Å². The van der Waals surface area contributed by atoms with E-state index in [1.807, 2.05) is 26.8 Å². The highest BCUT2D eigenvalue weighted by atomic mass is 32.2. The fourth-order valence-corrected chi connectivity index (χ4v) is 5.55. The number of anilines is 1. The van der Waals surface area contributed by atoms with Gasteiger partial charge in [-0.3, -0.25) is 13.9 Å². The lowest BCUT2D eigenvalue weighted by atomic mass is 10.1. The Balaban J connectivity index is 2.05. The molecule has 41 heavy (non-hydrogen) atoms. The van der Waals surface area contributed by atoms with Crippen LogP contribution in [0.5, 0.6) is 11.5 Å². The third-order valence-electron chi connectivity index (χ3n) is 6.88. The number of methoxy groups -OCH3 is 2. The van der Waals surface area contributed by atoms with Gasteiger partial charge in [0.05, 0.1) is 24.8 Å². The highest BCUT2D eigenvalue weighted by Crippen LogP contribution is 2.28. The van der Waals surface area contributed by atoms with Gasteiger partial charge in [-0.2, -0.15) is 0 Å². The quantitative estimate of drug-likeness (QED) is 0.318. The van der Waals surface area contributed by atoms with E-state index in [0.29, 0.717) is 11.5 Å². The van der Waals surface area contributed by atoms with Gasteiger partial charge in [-0.05, 0) is 69.2 Å². The molecule has 10 heteroatoms. The second-order valence-electron chi connectivity index (χ2n) is 9.89. The molecule has 0 aliphatic rings. The molecular weight excluding hydrogens is 542 g/mol. The van der Waals surface area contributed by atoms with Crippen molar-refractivity contribution in [2.45, 2.75) is 57.6 Å². The number of ether oxygens (including phenoxy) is 2. The van der Waals surface area contributed by atoms with Crippen molar-refractivity contribution in [3.05, 3.63) is 83.9 Å². The summed E-state index contributed by atoms with van der Waals surface area (Å²) in [6, 6.07) is 19.2. The summed E-state index contributed by atoms with van der Waals surface area (Å²) in [5.41, 5.74) is 1.89. The fraction of sp³-hybridized carbons (Fsp3) is 0.355. The van der Waals surface area contributed by atoms with Crippen LogP contribution >= 0.6 is 0 Å². The Hall–Kier alpha value is -4.05. The fourth-order valence-electron chi connectivity index (χ4n) is 4.15. The van der Waals surface area contributed by atoms with Gasteiger partial charge in [-0.25, -0.2) is 8.42 Å². The lowest BCUT2D eigenvalue weighted by Gasteiger charge is -2.32. The first-order valence-corrected chi connectivity index (χ1v) is 14.9. The molecule has 9 nitrogen and oxygen atoms in total. The van der Waals surface area contributed by atoms with Gasteiger partial charge in [0.2, 0.25) is 11.8 Å². The number of nitrogens with one attached hydrogen (secondary N) is 1. The number of aryl methyl sites for hydroxylation is 1. The normalized spacial score (nSPS) is 12.6. The zero-order valence-electron chi connectivity index (χ0n) is 24.5. The standard InChI is InChI=1S/C31H39N3O6S/c1-7-23(3)32-31(36)24(4)33(20-25-10-8-12-27(18-25)39-5)30(35)21-34(26-11-9-13-28(19-26)40-6)41(37,38)29-16-14-22(2)15-17-29/h8-19,23-24H,7,20-21H2,1-6H3,(H,32,36)/t23-,24+/m1/s1. The highest BCUT2D eigenvalue weighted by molar-refractivity contribution is 7.92. The smallest absolute Gasteiger partial charge is 0.264 e. The molecule has 0 saturated heterocycles. The summed E-state index contributed by atoms with van der Waals surface area (Å²) in [6.45, 7) is 6.88. The molecule has 0 aromatic heterocycles. The van der Waals surface area contributed by atoms with Crippen molar-refractivity contribution in [2.75, 3.05) is 25.1 Å². The Kier molecular flexibility index (Phi) is 10.8. The molecule has 0 spiro atoms. The number of sulfonamides is 1. The first-order chi connectivity index (χ1) is 19.5. The molecule has 0 aliphatic heterocycles. The largest absolute Gasteiger partial charge is 0.497 e. The van der Waals surface area contributed by atoms with E-state index in [1.165, 1.54) is 24.1 Å². The Morgan fingerprint density at radius 3 is 2.12 bits per heavy atom. The molecule has 0 fully saturated rings. The Morgan fingerprint density at radius 2 is 1.51 bits per heavy atom. The monoisotopic (exact) mass is 581 g/mol. The van der Waals surface area contributed by atoms with Crippen molar-refractivity contribution >= 4 is 27.5 Å². The minimum atomic E-state index is -4.17. The lowest BCUT2D eigenvalue weighted by Crippen LogP contribution is -2.52. The van der Waals surface area contributed by atoms with Crippen molar-refractivity contribution in [2.24, 2.45) is 0 Å². The van der Waals surface area contributed by atoms with E-state index in [4.69, 9.17) is 9.47 Å². The highest BCUT2D eigenvalue weighted by Gasteiger charge is 2.33. The van der Waals surface area contributed by atoms with Crippen LogP contribution in [0.2, 0.25) is 0 Å². The van der Waals surface area contributed by atoms with Gasteiger partial charge >= 0.3 is 0 Å². The molecule has 0 saturated carbocycles. The van der Waals surface area contributed by atoms with Crippen molar-refractivity contribution < 1.29 is 27.5 Å². The number of rotatable bonds is 13. The summed E-state index contributed by atoms with van der Waals surface area (Å²) in [5, 5.41) is 2.93. The van der Waals surface area contributed by atoms with Crippen molar-refractivity contribution in [1.82, 2.24) is 10.2 Å². The van der Waals surface area contributed by atoms with E-state index in [0.717, 1.165) is 21.9 Å². The average molecular weight is 582 g/mol. The number of hydrogen-bond acceptors (Lipinski definition) is 6. The summed E-state index contributed by atoms with van der Waals surface area (Å²) in [7, 11) is -1.14. The Labute approximate surface area is 243 Å². The van der Waals surface area contributed by atoms with E-state index >= 15 is 0 Å². The molecule has 2 amide bonds. The number of carbonyl (C=O) groups excluding carboxylic acids is 2. The van der Waals surface area contributed by atoms with Crippen LogP contribution in [0.15, 0.2) is 77.7 Å². The molecule has 1 N–H and O–H groups in total. The molecule has 0 unspecified atom stereocenters. The van der Waals surface area contributed by atoms with Gasteiger partial charge in [0, 0.05) is 18.7 Å². The summed E-state index contributed by atoms with van der Waals surface area (Å²) >= 11 is 0. The number of nitrogens with zero attached hydrogens (tertiary/aromatic N) is 2. The zero-order valence-corrected chi connectivity index (χ0v) is 25.3. The van der Waals surface area contributed by atoms with Crippen molar-refractivity contribution in [1.29, 1.82) is 0 Å². The van der Waals surface area contributed by atoms with Crippen LogP contribution in [0.3, 0.4) is 0 Å². The summed E-state index contributed by atoms with van der Waals surface area (Å²) in [5.74, 6) is 0.170. The lowest BCUT2D eigenvalue weighted by molar-refractivity contribution is -0.139. The molecule has 0 radical (unpaired) electrons. The Bertz CT molecular complexity index is 1440. The van der Waals surface area contributed by atoms with Crippen LogP contribution in [0.25, 0.3) is 0 Å². The minimum Gasteiger partial charge on any atom is -0.497 e. The molecule has 0 heterocycles. The molecule has 220 valence electrons. The van der Waals surface area contributed by atoms with Crippen molar-refractivity contribution in [3.8, 4) is 11.5 Å². The first kappa shape index (κ1) is 31.5. The van der Waals surface area contributed by atoms with Crippen molar-refractivity contribution in [3.63, 3.8) is 0 Å². The summed E-state index contributed by atoms with van der Waals surface area (Å²) in [4.78, 5) is 28.7. The zero-order chi connectivity index (χ0) is 30.2. The van der Waals surface area contributed by atoms with Gasteiger partial charge in [0.25, 0.3) is 10.0 Å². The average Bonchev–Trinajstić information content (AvgIpc) is 2.98. The number of amides is 2. The van der Waals surface area contributed by atoms with Crippen LogP contribution < -0.4 is 19.1 Å². The van der Waals surface area contributed by atoms with Gasteiger partial charge in [0.1, 0.15) is 24.1 Å². The molecule has 2 atom stereocenters. The summed E-state index contributed by atoms with van der Waals surface area (Å²) < 4.78 is 39.6. The van der Waals surface area contributed by atoms with Crippen LogP contribution in [-0.4, -0.2) is 58.0 Å². The maximum absolute atomic E-state index is 14.1. The molecule has 3 aromatic rings. The number of benzene rings is 3. The van der Waals surface area contributed by atoms with Crippen LogP contribution in [0.1, 0.15) is 38.3 Å². The third-order valence-corrected chi connectivity index (χ3v) is 8.67. The maximum Gasteiger partial charge on any atom is 0.264 e. The predicted molar refractivity (Wildman–Crippen MR) is 160 cm³/mol. The predicted octanol–water partition coefficient (Wildman–Crippen LogP) is 4.54. The van der Waals surface area contributed by atoms with Gasteiger partial charge in [-0.1, -0.05) is 42.8 Å².